The molecule has 104 valence electrons. The number of rotatable bonds is 4. The van der Waals surface area contributed by atoms with Crippen LogP contribution in [0.15, 0.2) is 30.3 Å². The first-order chi connectivity index (χ1) is 9.45. The summed E-state index contributed by atoms with van der Waals surface area (Å²) in [7, 11) is 2.01. The van der Waals surface area contributed by atoms with Gasteiger partial charge in [-0.3, -0.25) is 0 Å². The molecule has 2 rings (SSSR count). The molecule has 1 aromatic heterocycles. The minimum Gasteiger partial charge on any atom is -0.389 e. The number of aromatic nitrogens is 2. The molecule has 0 unspecified atom stereocenters. The Bertz CT molecular complexity index is 619. The molecular weight excluding hydrogens is 268 g/mol. The fourth-order valence-electron chi connectivity index (χ4n) is 2.07. The average Bonchev–Trinajstić information content (AvgIpc) is 2.37. The van der Waals surface area contributed by atoms with Crippen LogP contribution in [0.3, 0.4) is 0 Å². The maximum absolute atomic E-state index is 5.66. The Balaban J connectivity index is 2.20. The van der Waals surface area contributed by atoms with E-state index in [0.717, 1.165) is 35.0 Å². The average molecular weight is 286 g/mol. The van der Waals surface area contributed by atoms with E-state index in [0.29, 0.717) is 4.99 Å². The lowest BCUT2D eigenvalue weighted by molar-refractivity contribution is 0.872. The fraction of sp³-hybridized carbons (Fsp3) is 0.267. The number of nitrogens with zero attached hydrogens (tertiary/aromatic N) is 3. The van der Waals surface area contributed by atoms with Crippen LogP contribution < -0.4 is 10.6 Å². The summed E-state index contributed by atoms with van der Waals surface area (Å²) < 4.78 is 0. The normalized spacial score (nSPS) is 10.3. The Kier molecular flexibility index (Phi) is 4.29. The maximum Gasteiger partial charge on any atom is 0.132 e. The molecule has 0 saturated heterocycles. The quantitative estimate of drug-likeness (QED) is 0.875. The standard InChI is InChI=1S/C15H18N4S/c1-10-7-14(18-11(2)17-10)19(3)9-12-5-4-6-13(8-12)15(16)20/h4-8H,9H2,1-3H3,(H2,16,20). The minimum absolute atomic E-state index is 0.420. The van der Waals surface area contributed by atoms with E-state index < -0.39 is 0 Å². The van der Waals surface area contributed by atoms with Gasteiger partial charge in [-0.2, -0.15) is 0 Å². The van der Waals surface area contributed by atoms with Gasteiger partial charge in [-0.25, -0.2) is 9.97 Å². The van der Waals surface area contributed by atoms with Crippen LogP contribution in [0.1, 0.15) is 22.6 Å². The van der Waals surface area contributed by atoms with E-state index in [1.165, 1.54) is 0 Å². The third-order valence-electron chi connectivity index (χ3n) is 2.97. The van der Waals surface area contributed by atoms with Crippen LogP contribution in [0.5, 0.6) is 0 Å². The zero-order chi connectivity index (χ0) is 14.7. The minimum atomic E-state index is 0.420. The summed E-state index contributed by atoms with van der Waals surface area (Å²) in [5.74, 6) is 1.69. The summed E-state index contributed by atoms with van der Waals surface area (Å²) in [6, 6.07) is 9.93. The van der Waals surface area contributed by atoms with Crippen molar-refractivity contribution in [2.45, 2.75) is 20.4 Å². The Labute approximate surface area is 124 Å². The first-order valence-corrected chi connectivity index (χ1v) is 6.78. The third-order valence-corrected chi connectivity index (χ3v) is 3.21. The largest absolute Gasteiger partial charge is 0.389 e. The zero-order valence-electron chi connectivity index (χ0n) is 11.9. The van der Waals surface area contributed by atoms with Crippen molar-refractivity contribution in [3.05, 3.63) is 53.0 Å². The lowest BCUT2D eigenvalue weighted by Gasteiger charge is -2.19. The van der Waals surface area contributed by atoms with Crippen LogP contribution in [-0.2, 0) is 6.54 Å². The van der Waals surface area contributed by atoms with Crippen LogP contribution >= 0.6 is 12.2 Å². The molecule has 0 aliphatic rings. The molecule has 1 aromatic carbocycles. The number of hydrogen-bond acceptors (Lipinski definition) is 4. The third kappa shape index (κ3) is 3.51. The molecule has 4 nitrogen and oxygen atoms in total. The van der Waals surface area contributed by atoms with Gasteiger partial charge < -0.3 is 10.6 Å². The molecule has 2 N–H and O–H groups in total. The molecule has 20 heavy (non-hydrogen) atoms. The van der Waals surface area contributed by atoms with Gasteiger partial charge in [0.15, 0.2) is 0 Å². The Morgan fingerprint density at radius 2 is 2.00 bits per heavy atom. The molecule has 0 saturated carbocycles. The summed E-state index contributed by atoms with van der Waals surface area (Å²) in [4.78, 5) is 11.2. The first-order valence-electron chi connectivity index (χ1n) is 6.38. The molecule has 0 atom stereocenters. The summed E-state index contributed by atoms with van der Waals surface area (Å²) in [5, 5.41) is 0. The molecule has 0 amide bonds. The van der Waals surface area contributed by atoms with Gasteiger partial charge in [0.2, 0.25) is 0 Å². The van der Waals surface area contributed by atoms with Gasteiger partial charge in [-0.1, -0.05) is 30.4 Å². The smallest absolute Gasteiger partial charge is 0.132 e. The molecule has 2 aromatic rings. The van der Waals surface area contributed by atoms with E-state index in [9.17, 15) is 0 Å². The highest BCUT2D eigenvalue weighted by molar-refractivity contribution is 7.80. The van der Waals surface area contributed by atoms with Crippen molar-refractivity contribution in [1.82, 2.24) is 9.97 Å². The molecule has 5 heteroatoms. The Morgan fingerprint density at radius 3 is 2.65 bits per heavy atom. The van der Waals surface area contributed by atoms with Gasteiger partial charge in [0, 0.05) is 30.9 Å². The summed E-state index contributed by atoms with van der Waals surface area (Å²) in [6.45, 7) is 4.61. The van der Waals surface area contributed by atoms with E-state index in [4.69, 9.17) is 18.0 Å². The highest BCUT2D eigenvalue weighted by atomic mass is 32.1. The highest BCUT2D eigenvalue weighted by Gasteiger charge is 2.07. The van der Waals surface area contributed by atoms with Crippen molar-refractivity contribution in [2.24, 2.45) is 5.73 Å². The van der Waals surface area contributed by atoms with Crippen LogP contribution in [-0.4, -0.2) is 22.0 Å². The summed E-state index contributed by atoms with van der Waals surface area (Å²) in [5.41, 5.74) is 8.67. The summed E-state index contributed by atoms with van der Waals surface area (Å²) >= 11 is 5.01. The van der Waals surface area contributed by atoms with Crippen molar-refractivity contribution in [1.29, 1.82) is 0 Å². The van der Waals surface area contributed by atoms with E-state index in [2.05, 4.69) is 20.9 Å². The topological polar surface area (TPSA) is 55.0 Å². The lowest BCUT2D eigenvalue weighted by atomic mass is 10.1. The molecule has 0 radical (unpaired) electrons. The second-order valence-corrected chi connectivity index (χ2v) is 5.28. The molecule has 0 aliphatic heterocycles. The number of thiocarbonyl (C=S) groups is 1. The van der Waals surface area contributed by atoms with Gasteiger partial charge in [0.1, 0.15) is 16.6 Å². The SMILES string of the molecule is Cc1cc(N(C)Cc2cccc(C(N)=S)c2)nc(C)n1. The predicted molar refractivity (Wildman–Crippen MR) is 85.9 cm³/mol. The second kappa shape index (κ2) is 5.96. The van der Waals surface area contributed by atoms with Gasteiger partial charge in [0.05, 0.1) is 0 Å². The van der Waals surface area contributed by atoms with Crippen molar-refractivity contribution < 1.29 is 0 Å². The monoisotopic (exact) mass is 286 g/mol. The maximum atomic E-state index is 5.66. The molecule has 0 spiro atoms. The number of benzene rings is 1. The van der Waals surface area contributed by atoms with Crippen molar-refractivity contribution in [3.63, 3.8) is 0 Å². The van der Waals surface area contributed by atoms with Crippen molar-refractivity contribution in [2.75, 3.05) is 11.9 Å². The lowest BCUT2D eigenvalue weighted by Crippen LogP contribution is -2.19. The van der Waals surface area contributed by atoms with Crippen LogP contribution in [0.2, 0.25) is 0 Å². The fourth-order valence-corrected chi connectivity index (χ4v) is 2.20. The van der Waals surface area contributed by atoms with E-state index >= 15 is 0 Å². The highest BCUT2D eigenvalue weighted by Crippen LogP contribution is 2.15. The van der Waals surface area contributed by atoms with Crippen molar-refractivity contribution >= 4 is 23.0 Å². The van der Waals surface area contributed by atoms with Gasteiger partial charge >= 0.3 is 0 Å². The van der Waals surface area contributed by atoms with E-state index in [1.807, 2.05) is 45.2 Å². The van der Waals surface area contributed by atoms with Crippen LogP contribution in [0.4, 0.5) is 5.82 Å². The molecule has 1 heterocycles. The summed E-state index contributed by atoms with van der Waals surface area (Å²) in [6.07, 6.45) is 0. The predicted octanol–water partition coefficient (Wildman–Crippen LogP) is 2.36. The molecule has 0 aliphatic carbocycles. The van der Waals surface area contributed by atoms with E-state index in [1.54, 1.807) is 0 Å². The zero-order valence-corrected chi connectivity index (χ0v) is 12.7. The van der Waals surface area contributed by atoms with Gasteiger partial charge in [-0.15, -0.1) is 0 Å². The van der Waals surface area contributed by atoms with E-state index in [-0.39, 0.29) is 0 Å². The second-order valence-electron chi connectivity index (χ2n) is 4.84. The van der Waals surface area contributed by atoms with Crippen LogP contribution in [0.25, 0.3) is 0 Å². The van der Waals surface area contributed by atoms with Gasteiger partial charge in [-0.05, 0) is 25.5 Å². The van der Waals surface area contributed by atoms with Gasteiger partial charge in [0.25, 0.3) is 0 Å². The molecule has 0 bridgehead atoms. The molecular formula is C15H18N4S. The Morgan fingerprint density at radius 1 is 1.25 bits per heavy atom. The number of anilines is 1. The number of nitrogens with two attached hydrogens (primary N) is 1. The van der Waals surface area contributed by atoms with Crippen molar-refractivity contribution in [3.8, 4) is 0 Å². The molecule has 0 fully saturated rings. The number of aryl methyl sites for hydroxylation is 2. The Hall–Kier alpha value is -2.01. The van der Waals surface area contributed by atoms with Crippen LogP contribution in [0, 0.1) is 13.8 Å². The first kappa shape index (κ1) is 14.4. The number of hydrogen-bond donors (Lipinski definition) is 1.